The van der Waals surface area contributed by atoms with E-state index in [-0.39, 0.29) is 5.75 Å². The van der Waals surface area contributed by atoms with E-state index in [0.29, 0.717) is 11.3 Å². The molecule has 4 nitrogen and oxygen atoms in total. The molecule has 2 N–H and O–H groups in total. The van der Waals surface area contributed by atoms with E-state index in [4.69, 9.17) is 10.5 Å². The topological polar surface area (TPSA) is 53.1 Å². The van der Waals surface area contributed by atoms with Crippen LogP contribution in [0.2, 0.25) is 0 Å². The standard InChI is InChI=1S/C12H14FN3O/c1-16-6-5-10(15-16)12(14)8-3-4-11(17-2)9(13)7-8/h3-7,12H,14H2,1-2H3. The van der Waals surface area contributed by atoms with Crippen LogP contribution in [0.4, 0.5) is 4.39 Å². The Hall–Kier alpha value is -1.88. The van der Waals surface area contributed by atoms with Crippen LogP contribution in [0.5, 0.6) is 5.75 Å². The summed E-state index contributed by atoms with van der Waals surface area (Å²) in [5, 5.41) is 4.20. The fraction of sp³-hybridized carbons (Fsp3) is 0.250. The molecule has 0 aliphatic carbocycles. The zero-order valence-electron chi connectivity index (χ0n) is 9.72. The van der Waals surface area contributed by atoms with Crippen LogP contribution in [0.1, 0.15) is 17.3 Å². The Morgan fingerprint density at radius 1 is 1.41 bits per heavy atom. The van der Waals surface area contributed by atoms with E-state index in [1.54, 1.807) is 23.0 Å². The van der Waals surface area contributed by atoms with Gasteiger partial charge in [-0.25, -0.2) is 4.39 Å². The predicted molar refractivity (Wildman–Crippen MR) is 62.2 cm³/mol. The van der Waals surface area contributed by atoms with Crippen LogP contribution in [0.15, 0.2) is 30.5 Å². The van der Waals surface area contributed by atoms with Gasteiger partial charge in [0.05, 0.1) is 18.8 Å². The van der Waals surface area contributed by atoms with E-state index in [2.05, 4.69) is 5.10 Å². The second-order valence-electron chi connectivity index (χ2n) is 3.79. The van der Waals surface area contributed by atoms with E-state index < -0.39 is 11.9 Å². The average molecular weight is 235 g/mol. The van der Waals surface area contributed by atoms with Crippen LogP contribution in [0, 0.1) is 5.82 Å². The first-order valence-electron chi connectivity index (χ1n) is 5.20. The molecular weight excluding hydrogens is 221 g/mol. The van der Waals surface area contributed by atoms with Crippen molar-refractivity contribution >= 4 is 0 Å². The van der Waals surface area contributed by atoms with Crippen LogP contribution in [0.25, 0.3) is 0 Å². The Morgan fingerprint density at radius 3 is 2.71 bits per heavy atom. The molecule has 1 heterocycles. The number of benzene rings is 1. The number of ether oxygens (including phenoxy) is 1. The van der Waals surface area contributed by atoms with Crippen molar-refractivity contribution in [2.24, 2.45) is 12.8 Å². The van der Waals surface area contributed by atoms with Crippen molar-refractivity contribution in [2.75, 3.05) is 7.11 Å². The van der Waals surface area contributed by atoms with Crippen LogP contribution in [-0.2, 0) is 7.05 Å². The molecule has 2 rings (SSSR count). The lowest BCUT2D eigenvalue weighted by atomic mass is 10.0. The maximum atomic E-state index is 13.5. The van der Waals surface area contributed by atoms with Gasteiger partial charge < -0.3 is 10.5 Å². The molecule has 1 aromatic carbocycles. The first-order valence-corrected chi connectivity index (χ1v) is 5.20. The van der Waals surface area contributed by atoms with E-state index in [0.717, 1.165) is 0 Å². The molecule has 0 aliphatic rings. The first kappa shape index (κ1) is 11.6. The van der Waals surface area contributed by atoms with Gasteiger partial charge >= 0.3 is 0 Å². The van der Waals surface area contributed by atoms with Gasteiger partial charge in [-0.2, -0.15) is 5.10 Å². The van der Waals surface area contributed by atoms with Gasteiger partial charge in [-0.3, -0.25) is 4.68 Å². The molecular formula is C12H14FN3O. The number of methoxy groups -OCH3 is 1. The molecule has 0 fully saturated rings. The van der Waals surface area contributed by atoms with Crippen LogP contribution in [-0.4, -0.2) is 16.9 Å². The minimum Gasteiger partial charge on any atom is -0.494 e. The third-order valence-corrected chi connectivity index (χ3v) is 2.59. The van der Waals surface area contributed by atoms with Crippen LogP contribution < -0.4 is 10.5 Å². The predicted octanol–water partition coefficient (Wildman–Crippen LogP) is 1.62. The number of hydrogen-bond donors (Lipinski definition) is 1. The quantitative estimate of drug-likeness (QED) is 0.879. The van der Waals surface area contributed by atoms with Crippen LogP contribution in [0.3, 0.4) is 0 Å². The fourth-order valence-electron chi connectivity index (χ4n) is 1.65. The molecule has 0 radical (unpaired) electrons. The van der Waals surface area contributed by atoms with Gasteiger partial charge in [0.15, 0.2) is 11.6 Å². The zero-order valence-corrected chi connectivity index (χ0v) is 9.72. The van der Waals surface area contributed by atoms with Gasteiger partial charge in [-0.15, -0.1) is 0 Å². The summed E-state index contributed by atoms with van der Waals surface area (Å²) in [6, 6.07) is 6.05. The molecule has 1 atom stereocenters. The SMILES string of the molecule is COc1ccc(C(N)c2ccn(C)n2)cc1F. The van der Waals surface area contributed by atoms with Crippen molar-refractivity contribution in [2.45, 2.75) is 6.04 Å². The lowest BCUT2D eigenvalue weighted by Gasteiger charge is -2.10. The molecule has 90 valence electrons. The van der Waals surface area contributed by atoms with Gasteiger partial charge in [0.2, 0.25) is 0 Å². The van der Waals surface area contributed by atoms with Crippen molar-refractivity contribution in [3.63, 3.8) is 0 Å². The minimum absolute atomic E-state index is 0.210. The number of halogens is 1. The van der Waals surface area contributed by atoms with E-state index in [1.807, 2.05) is 13.1 Å². The molecule has 0 saturated heterocycles. The molecule has 17 heavy (non-hydrogen) atoms. The van der Waals surface area contributed by atoms with Crippen molar-refractivity contribution in [3.8, 4) is 5.75 Å². The number of aryl methyl sites for hydroxylation is 1. The van der Waals surface area contributed by atoms with Gasteiger partial charge in [-0.1, -0.05) is 6.07 Å². The average Bonchev–Trinajstić information content (AvgIpc) is 2.75. The summed E-state index contributed by atoms with van der Waals surface area (Å²) in [5.41, 5.74) is 7.38. The Bertz CT molecular complexity index is 524. The summed E-state index contributed by atoms with van der Waals surface area (Å²) in [4.78, 5) is 0. The summed E-state index contributed by atoms with van der Waals surface area (Å²) >= 11 is 0. The highest BCUT2D eigenvalue weighted by Gasteiger charge is 2.13. The molecule has 1 aromatic heterocycles. The second kappa shape index (κ2) is 4.55. The summed E-state index contributed by atoms with van der Waals surface area (Å²) in [7, 11) is 3.24. The third-order valence-electron chi connectivity index (χ3n) is 2.59. The maximum Gasteiger partial charge on any atom is 0.165 e. The maximum absolute atomic E-state index is 13.5. The largest absolute Gasteiger partial charge is 0.494 e. The van der Waals surface area contributed by atoms with Crippen molar-refractivity contribution in [1.29, 1.82) is 0 Å². The number of hydrogen-bond acceptors (Lipinski definition) is 3. The summed E-state index contributed by atoms with van der Waals surface area (Å²) in [6.07, 6.45) is 1.80. The van der Waals surface area contributed by atoms with Gasteiger partial charge in [-0.05, 0) is 23.8 Å². The highest BCUT2D eigenvalue weighted by atomic mass is 19.1. The minimum atomic E-state index is -0.434. The third kappa shape index (κ3) is 2.29. The summed E-state index contributed by atoms with van der Waals surface area (Å²) < 4.78 is 20.0. The highest BCUT2D eigenvalue weighted by Crippen LogP contribution is 2.23. The normalized spacial score (nSPS) is 12.5. The van der Waals surface area contributed by atoms with E-state index in [9.17, 15) is 4.39 Å². The van der Waals surface area contributed by atoms with Gasteiger partial charge in [0.25, 0.3) is 0 Å². The van der Waals surface area contributed by atoms with Crippen molar-refractivity contribution < 1.29 is 9.13 Å². The first-order chi connectivity index (χ1) is 8.11. The molecule has 0 amide bonds. The van der Waals surface area contributed by atoms with Crippen LogP contribution >= 0.6 is 0 Å². The smallest absolute Gasteiger partial charge is 0.165 e. The molecule has 0 bridgehead atoms. The van der Waals surface area contributed by atoms with Crippen molar-refractivity contribution in [3.05, 3.63) is 47.5 Å². The summed E-state index contributed by atoms with van der Waals surface area (Å²) in [6.45, 7) is 0. The molecule has 1 unspecified atom stereocenters. The number of aromatic nitrogens is 2. The number of rotatable bonds is 3. The molecule has 0 spiro atoms. The Labute approximate surface area is 98.8 Å². The molecule has 5 heteroatoms. The van der Waals surface area contributed by atoms with Gasteiger partial charge in [0, 0.05) is 13.2 Å². The second-order valence-corrected chi connectivity index (χ2v) is 3.79. The highest BCUT2D eigenvalue weighted by molar-refractivity contribution is 5.34. The fourth-order valence-corrected chi connectivity index (χ4v) is 1.65. The zero-order chi connectivity index (χ0) is 12.4. The molecule has 0 aliphatic heterocycles. The Morgan fingerprint density at radius 2 is 2.18 bits per heavy atom. The summed E-state index contributed by atoms with van der Waals surface area (Å²) in [5.74, 6) is -0.210. The van der Waals surface area contributed by atoms with E-state index >= 15 is 0 Å². The number of nitrogens with zero attached hydrogens (tertiary/aromatic N) is 2. The van der Waals surface area contributed by atoms with Crippen molar-refractivity contribution in [1.82, 2.24) is 9.78 Å². The monoisotopic (exact) mass is 235 g/mol. The molecule has 2 aromatic rings. The van der Waals surface area contributed by atoms with Gasteiger partial charge in [0.1, 0.15) is 0 Å². The Balaban J connectivity index is 2.31. The Kier molecular flexibility index (Phi) is 3.10. The number of nitrogens with two attached hydrogens (primary N) is 1. The molecule has 0 saturated carbocycles. The van der Waals surface area contributed by atoms with E-state index in [1.165, 1.54) is 13.2 Å². The lowest BCUT2D eigenvalue weighted by Crippen LogP contribution is -2.13. The lowest BCUT2D eigenvalue weighted by molar-refractivity contribution is 0.386.